The summed E-state index contributed by atoms with van der Waals surface area (Å²) in [4.78, 5) is 17.3. The molecule has 0 aromatic carbocycles. The molecule has 1 aromatic heterocycles. The smallest absolute Gasteiger partial charge is 0.403 e. The van der Waals surface area contributed by atoms with Crippen LogP contribution in [0.2, 0.25) is 0 Å². The van der Waals surface area contributed by atoms with E-state index in [0.29, 0.717) is 9.21 Å². The lowest BCUT2D eigenvalue weighted by Gasteiger charge is -2.08. The molecule has 8 heteroatoms. The van der Waals surface area contributed by atoms with Crippen LogP contribution < -0.4 is 0 Å². The lowest BCUT2D eigenvalue weighted by Crippen LogP contribution is -1.92. The van der Waals surface area contributed by atoms with Crippen LogP contribution in [0.4, 0.5) is 0 Å². The molecule has 1 rings (SSSR count). The topological polar surface area (TPSA) is 71.7 Å². The largest absolute Gasteiger partial charge is 0.524 e. The van der Waals surface area contributed by atoms with Crippen LogP contribution in [0.25, 0.3) is 6.20 Å². The molecule has 0 radical (unpaired) electrons. The monoisotopic (exact) mass is 371 g/mol. The zero-order chi connectivity index (χ0) is 12.3. The quantitative estimate of drug-likeness (QED) is 0.484. The highest BCUT2D eigenvalue weighted by atomic mass is 79.9. The molecule has 1 heterocycles. The molecule has 0 aliphatic rings. The summed E-state index contributed by atoms with van der Waals surface area (Å²) in [6.07, 6.45) is 2.60. The fourth-order valence-electron chi connectivity index (χ4n) is 0.902. The first-order valence-electron chi connectivity index (χ1n) is 3.95. The molecule has 0 saturated carbocycles. The molecule has 5 nitrogen and oxygen atoms in total. The maximum Gasteiger partial charge on any atom is 0.524 e. The second kappa shape index (κ2) is 5.33. The van der Waals surface area contributed by atoms with Gasteiger partial charge in [0.05, 0.1) is 15.4 Å². The number of aromatic nitrogens is 1. The van der Waals surface area contributed by atoms with Crippen molar-refractivity contribution in [1.29, 1.82) is 0 Å². The van der Waals surface area contributed by atoms with E-state index in [0.717, 1.165) is 0 Å². The summed E-state index contributed by atoms with van der Waals surface area (Å²) in [5.74, 6) is -0.0362. The summed E-state index contributed by atoms with van der Waals surface area (Å²) in [5.41, 5.74) is 0. The Balaban J connectivity index is 3.06. The van der Waals surface area contributed by atoms with Crippen LogP contribution in [0, 0.1) is 0 Å². The van der Waals surface area contributed by atoms with Crippen molar-refractivity contribution < 1.29 is 18.9 Å². The van der Waals surface area contributed by atoms with Crippen molar-refractivity contribution in [2.24, 2.45) is 0 Å². The molecule has 1 aromatic rings. The molecule has 0 spiro atoms. The highest BCUT2D eigenvalue weighted by Crippen LogP contribution is 2.39. The molecule has 0 aliphatic carbocycles. The van der Waals surface area contributed by atoms with E-state index in [1.54, 1.807) is 16.7 Å². The van der Waals surface area contributed by atoms with Crippen molar-refractivity contribution in [3.63, 3.8) is 0 Å². The summed E-state index contributed by atoms with van der Waals surface area (Å²) in [6, 6.07) is 3.53. The Morgan fingerprint density at radius 3 is 2.31 bits per heavy atom. The zero-order valence-electron chi connectivity index (χ0n) is 7.88. The van der Waals surface area contributed by atoms with Crippen molar-refractivity contribution in [1.82, 2.24) is 4.57 Å². The third-order valence-corrected chi connectivity index (χ3v) is 3.24. The Morgan fingerprint density at radius 2 is 1.94 bits per heavy atom. The van der Waals surface area contributed by atoms with Gasteiger partial charge in [0.15, 0.2) is 0 Å². The van der Waals surface area contributed by atoms with E-state index in [9.17, 15) is 4.57 Å². The fraction of sp³-hybridized carbons (Fsp3) is 0. The number of allylic oxidation sites excluding steroid dienone is 1. The molecule has 2 N–H and O–H groups in total. The lowest BCUT2D eigenvalue weighted by molar-refractivity contribution is 0.249. The predicted octanol–water partition coefficient (Wildman–Crippen LogP) is 3.11. The molecule has 0 fully saturated rings. The van der Waals surface area contributed by atoms with E-state index in [1.165, 1.54) is 12.3 Å². The second-order valence-electron chi connectivity index (χ2n) is 2.67. The van der Waals surface area contributed by atoms with Crippen molar-refractivity contribution in [2.45, 2.75) is 0 Å². The normalized spacial score (nSPS) is 12.6. The summed E-state index contributed by atoms with van der Waals surface area (Å²) < 4.78 is 18.1. The maximum absolute atomic E-state index is 10.6. The molecular formula is C8H8Br2NO4P. The molecule has 0 aliphatic heterocycles. The molecule has 88 valence electrons. The van der Waals surface area contributed by atoms with Gasteiger partial charge in [-0.1, -0.05) is 6.58 Å². The Labute approximate surface area is 109 Å². The van der Waals surface area contributed by atoms with Gasteiger partial charge in [0.25, 0.3) is 0 Å². The standard InChI is InChI=1S/C8H8Br2NO4P/c1-2-6(15-16(12,13)14)5-11-7(9)3-4-8(11)10/h2-5H,1H2,(H2,12,13,14). The van der Waals surface area contributed by atoms with Gasteiger partial charge in [0.1, 0.15) is 5.76 Å². The molecule has 0 amide bonds. The van der Waals surface area contributed by atoms with Gasteiger partial charge in [-0.25, -0.2) is 4.57 Å². The Bertz CT molecular complexity index is 457. The van der Waals surface area contributed by atoms with Crippen molar-refractivity contribution in [2.75, 3.05) is 0 Å². The molecule has 0 bridgehead atoms. The van der Waals surface area contributed by atoms with E-state index in [4.69, 9.17) is 9.79 Å². The Morgan fingerprint density at radius 1 is 1.44 bits per heavy atom. The molecule has 0 unspecified atom stereocenters. The number of phosphoric acid groups is 1. The van der Waals surface area contributed by atoms with E-state index in [1.807, 2.05) is 0 Å². The number of halogens is 2. The van der Waals surface area contributed by atoms with Gasteiger partial charge in [0, 0.05) is 0 Å². The highest BCUT2D eigenvalue weighted by molar-refractivity contribution is 9.11. The van der Waals surface area contributed by atoms with Gasteiger partial charge in [0.2, 0.25) is 0 Å². The van der Waals surface area contributed by atoms with Crippen molar-refractivity contribution in [3.05, 3.63) is 39.8 Å². The van der Waals surface area contributed by atoms with Crippen LogP contribution in [0.3, 0.4) is 0 Å². The number of hydrogen-bond acceptors (Lipinski definition) is 2. The van der Waals surface area contributed by atoms with Gasteiger partial charge in [-0.2, -0.15) is 0 Å². The molecule has 16 heavy (non-hydrogen) atoms. The molecular weight excluding hydrogens is 365 g/mol. The predicted molar refractivity (Wildman–Crippen MR) is 67.4 cm³/mol. The van der Waals surface area contributed by atoms with Crippen LogP contribution >= 0.6 is 39.7 Å². The van der Waals surface area contributed by atoms with Crippen LogP contribution in [0.1, 0.15) is 0 Å². The summed E-state index contributed by atoms with van der Waals surface area (Å²) in [5, 5.41) is 0. The maximum atomic E-state index is 10.6. The lowest BCUT2D eigenvalue weighted by atomic mass is 10.5. The average molecular weight is 373 g/mol. The van der Waals surface area contributed by atoms with E-state index >= 15 is 0 Å². The molecule has 0 saturated heterocycles. The number of phosphoric ester groups is 1. The average Bonchev–Trinajstić information content (AvgIpc) is 2.46. The van der Waals surface area contributed by atoms with Gasteiger partial charge >= 0.3 is 7.82 Å². The first kappa shape index (κ1) is 13.7. The van der Waals surface area contributed by atoms with Gasteiger partial charge in [-0.15, -0.1) is 0 Å². The molecule has 0 atom stereocenters. The minimum absolute atomic E-state index is 0.0362. The first-order valence-corrected chi connectivity index (χ1v) is 7.07. The summed E-state index contributed by atoms with van der Waals surface area (Å²) in [7, 11) is -4.57. The minimum atomic E-state index is -4.57. The van der Waals surface area contributed by atoms with E-state index < -0.39 is 7.82 Å². The highest BCUT2D eigenvalue weighted by Gasteiger charge is 2.16. The summed E-state index contributed by atoms with van der Waals surface area (Å²) >= 11 is 6.52. The van der Waals surface area contributed by atoms with Gasteiger partial charge in [-0.05, 0) is 50.1 Å². The Hall–Kier alpha value is -0.330. The van der Waals surface area contributed by atoms with Gasteiger partial charge < -0.3 is 9.09 Å². The number of hydrogen-bond donors (Lipinski definition) is 2. The van der Waals surface area contributed by atoms with E-state index in [2.05, 4.69) is 43.0 Å². The summed E-state index contributed by atoms with van der Waals surface area (Å²) in [6.45, 7) is 3.40. The fourth-order valence-corrected chi connectivity index (χ4v) is 2.39. The van der Waals surface area contributed by atoms with Gasteiger partial charge in [-0.3, -0.25) is 9.79 Å². The van der Waals surface area contributed by atoms with E-state index in [-0.39, 0.29) is 5.76 Å². The number of nitrogens with zero attached hydrogens (tertiary/aromatic N) is 1. The number of rotatable bonds is 4. The van der Waals surface area contributed by atoms with Crippen molar-refractivity contribution in [3.8, 4) is 0 Å². The SMILES string of the molecule is C=CC(=Cn1c(Br)ccc1Br)OP(=O)(O)O. The van der Waals surface area contributed by atoms with Crippen LogP contribution in [-0.4, -0.2) is 14.4 Å². The van der Waals surface area contributed by atoms with Crippen LogP contribution in [-0.2, 0) is 9.09 Å². The van der Waals surface area contributed by atoms with Crippen LogP contribution in [0.5, 0.6) is 0 Å². The third kappa shape index (κ3) is 3.92. The minimum Gasteiger partial charge on any atom is -0.403 e. The Kier molecular flexibility index (Phi) is 4.58. The zero-order valence-corrected chi connectivity index (χ0v) is 11.9. The van der Waals surface area contributed by atoms with Crippen molar-refractivity contribution >= 4 is 45.9 Å². The first-order chi connectivity index (χ1) is 7.33. The van der Waals surface area contributed by atoms with Crippen LogP contribution in [0.15, 0.2) is 39.8 Å². The third-order valence-electron chi connectivity index (χ3n) is 1.50. The second-order valence-corrected chi connectivity index (χ2v) is 5.45.